The Balaban J connectivity index is 1.42. The summed E-state index contributed by atoms with van der Waals surface area (Å²) in [7, 11) is 0. The van der Waals surface area contributed by atoms with Gasteiger partial charge in [-0.05, 0) is 49.1 Å². The predicted molar refractivity (Wildman–Crippen MR) is 98.8 cm³/mol. The van der Waals surface area contributed by atoms with Gasteiger partial charge in [-0.1, -0.05) is 12.1 Å². The second-order valence-electron chi connectivity index (χ2n) is 6.76. The summed E-state index contributed by atoms with van der Waals surface area (Å²) in [4.78, 5) is 14.9. The molecule has 6 heteroatoms. The van der Waals surface area contributed by atoms with Gasteiger partial charge in [0.1, 0.15) is 0 Å². The van der Waals surface area contributed by atoms with E-state index in [1.165, 1.54) is 6.42 Å². The maximum atomic E-state index is 12.9. The number of amides is 1. The van der Waals surface area contributed by atoms with E-state index < -0.39 is 0 Å². The monoisotopic (exact) mass is 349 g/mol. The number of hydrogen-bond acceptors (Lipinski definition) is 3. The summed E-state index contributed by atoms with van der Waals surface area (Å²) in [6.07, 6.45) is 11.2. The van der Waals surface area contributed by atoms with Crippen LogP contribution in [0.15, 0.2) is 61.2 Å². The summed E-state index contributed by atoms with van der Waals surface area (Å²) in [6.45, 7) is 1.62. The number of rotatable bonds is 5. The first kappa shape index (κ1) is 16.6. The second kappa shape index (κ2) is 7.56. The van der Waals surface area contributed by atoms with Crippen LogP contribution in [0.5, 0.6) is 0 Å². The lowest BCUT2D eigenvalue weighted by Gasteiger charge is -2.36. The molecule has 26 heavy (non-hydrogen) atoms. The van der Waals surface area contributed by atoms with Gasteiger partial charge in [0.15, 0.2) is 0 Å². The van der Waals surface area contributed by atoms with Gasteiger partial charge in [-0.15, -0.1) is 0 Å². The van der Waals surface area contributed by atoms with Crippen molar-refractivity contribution in [3.8, 4) is 5.69 Å². The molecule has 0 aliphatic carbocycles. The zero-order valence-corrected chi connectivity index (χ0v) is 14.7. The molecule has 1 aliphatic heterocycles. The molecule has 1 atom stereocenters. The van der Waals surface area contributed by atoms with Crippen molar-refractivity contribution in [2.75, 3.05) is 6.54 Å². The minimum atomic E-state index is 0.202. The van der Waals surface area contributed by atoms with E-state index in [1.54, 1.807) is 12.4 Å². The molecule has 2 aromatic heterocycles. The molecule has 0 spiro atoms. The van der Waals surface area contributed by atoms with Crippen LogP contribution in [0.1, 0.15) is 24.8 Å². The second-order valence-corrected chi connectivity index (χ2v) is 6.76. The van der Waals surface area contributed by atoms with E-state index in [2.05, 4.69) is 10.2 Å². The third-order valence-corrected chi connectivity index (χ3v) is 4.97. The van der Waals surface area contributed by atoms with E-state index in [1.807, 2.05) is 63.1 Å². The molecular weight excluding hydrogens is 326 g/mol. The van der Waals surface area contributed by atoms with Crippen LogP contribution in [-0.4, -0.2) is 43.0 Å². The van der Waals surface area contributed by atoms with Crippen LogP contribution in [0, 0.1) is 0 Å². The lowest BCUT2D eigenvalue weighted by molar-refractivity contribution is -0.134. The van der Waals surface area contributed by atoms with Crippen molar-refractivity contribution in [2.45, 2.75) is 38.3 Å². The molecule has 0 radical (unpaired) electrons. The molecule has 3 aromatic rings. The van der Waals surface area contributed by atoms with Crippen molar-refractivity contribution < 1.29 is 4.79 Å². The molecule has 0 N–H and O–H groups in total. The molecule has 3 heterocycles. The van der Waals surface area contributed by atoms with Crippen molar-refractivity contribution >= 4 is 5.91 Å². The van der Waals surface area contributed by atoms with Crippen LogP contribution in [0.4, 0.5) is 0 Å². The summed E-state index contributed by atoms with van der Waals surface area (Å²) < 4.78 is 3.74. The van der Waals surface area contributed by atoms with Crippen LogP contribution in [-0.2, 0) is 17.8 Å². The highest BCUT2D eigenvalue weighted by atomic mass is 16.2. The summed E-state index contributed by atoms with van der Waals surface area (Å²) in [5.74, 6) is 0.202. The fraction of sp³-hybridized carbons (Fsp3) is 0.350. The summed E-state index contributed by atoms with van der Waals surface area (Å²) in [5, 5.41) is 8.52. The van der Waals surface area contributed by atoms with Crippen molar-refractivity contribution in [3.05, 3.63) is 66.7 Å². The Hall–Kier alpha value is -2.89. The highest BCUT2D eigenvalue weighted by molar-refractivity contribution is 5.79. The number of carbonyl (C=O) groups excluding carboxylic acids is 1. The van der Waals surface area contributed by atoms with Crippen molar-refractivity contribution in [2.24, 2.45) is 0 Å². The third kappa shape index (κ3) is 3.69. The molecule has 0 bridgehead atoms. The summed E-state index contributed by atoms with van der Waals surface area (Å²) >= 11 is 0. The predicted octanol–water partition coefficient (Wildman–Crippen LogP) is 2.69. The number of hydrogen-bond donors (Lipinski definition) is 0. The standard InChI is InChI=1S/C20H23N5O/c26-20(15-17-6-8-18(9-7-17)25-14-4-11-22-25)24-13-2-1-5-19(24)16-23-12-3-10-21-23/h3-4,6-12,14,19H,1-2,5,13,15-16H2/t19-/m1/s1. The molecule has 0 unspecified atom stereocenters. The van der Waals surface area contributed by atoms with Gasteiger partial charge in [0, 0.05) is 31.3 Å². The van der Waals surface area contributed by atoms with Gasteiger partial charge in [0.25, 0.3) is 0 Å². The van der Waals surface area contributed by atoms with E-state index in [0.29, 0.717) is 6.42 Å². The topological polar surface area (TPSA) is 56.0 Å². The smallest absolute Gasteiger partial charge is 0.227 e. The Morgan fingerprint density at radius 2 is 1.85 bits per heavy atom. The van der Waals surface area contributed by atoms with E-state index in [-0.39, 0.29) is 11.9 Å². The van der Waals surface area contributed by atoms with Crippen molar-refractivity contribution in [3.63, 3.8) is 0 Å². The Morgan fingerprint density at radius 3 is 2.58 bits per heavy atom. The number of piperidine rings is 1. The van der Waals surface area contributed by atoms with Crippen LogP contribution < -0.4 is 0 Å². The molecule has 1 amide bonds. The SMILES string of the molecule is O=C(Cc1ccc(-n2cccn2)cc1)N1CCCC[C@@H]1Cn1cccn1. The average molecular weight is 349 g/mol. The molecule has 1 saturated heterocycles. The number of carbonyl (C=O) groups is 1. The largest absolute Gasteiger partial charge is 0.338 e. The van der Waals surface area contributed by atoms with Gasteiger partial charge in [-0.25, -0.2) is 4.68 Å². The minimum absolute atomic E-state index is 0.202. The molecule has 134 valence electrons. The van der Waals surface area contributed by atoms with Gasteiger partial charge >= 0.3 is 0 Å². The molecule has 1 aliphatic rings. The Kier molecular flexibility index (Phi) is 4.82. The van der Waals surface area contributed by atoms with Gasteiger partial charge in [0.05, 0.1) is 24.7 Å². The first-order valence-corrected chi connectivity index (χ1v) is 9.15. The molecule has 4 rings (SSSR count). The van der Waals surface area contributed by atoms with E-state index >= 15 is 0 Å². The minimum Gasteiger partial charge on any atom is -0.338 e. The molecule has 1 aromatic carbocycles. The molecule has 6 nitrogen and oxygen atoms in total. The number of aromatic nitrogens is 4. The van der Waals surface area contributed by atoms with E-state index in [4.69, 9.17) is 0 Å². The third-order valence-electron chi connectivity index (χ3n) is 4.97. The lowest BCUT2D eigenvalue weighted by atomic mass is 10.0. The zero-order chi connectivity index (χ0) is 17.8. The lowest BCUT2D eigenvalue weighted by Crippen LogP contribution is -2.46. The zero-order valence-electron chi connectivity index (χ0n) is 14.7. The van der Waals surface area contributed by atoms with Gasteiger partial charge in [-0.2, -0.15) is 10.2 Å². The van der Waals surface area contributed by atoms with Crippen molar-refractivity contribution in [1.82, 2.24) is 24.5 Å². The van der Waals surface area contributed by atoms with Gasteiger partial charge in [-0.3, -0.25) is 9.48 Å². The van der Waals surface area contributed by atoms with Crippen LogP contribution in [0.25, 0.3) is 5.69 Å². The number of likely N-dealkylation sites (tertiary alicyclic amines) is 1. The Bertz CT molecular complexity index is 824. The molecular formula is C20H23N5O. The molecule has 0 saturated carbocycles. The fourth-order valence-corrected chi connectivity index (χ4v) is 3.61. The normalized spacial score (nSPS) is 17.4. The van der Waals surface area contributed by atoms with Crippen LogP contribution in [0.3, 0.4) is 0 Å². The highest BCUT2D eigenvalue weighted by Gasteiger charge is 2.27. The first-order chi connectivity index (χ1) is 12.8. The number of benzene rings is 1. The maximum absolute atomic E-state index is 12.9. The quantitative estimate of drug-likeness (QED) is 0.712. The van der Waals surface area contributed by atoms with E-state index in [9.17, 15) is 4.79 Å². The highest BCUT2D eigenvalue weighted by Crippen LogP contribution is 2.20. The summed E-state index contributed by atoms with van der Waals surface area (Å²) in [6, 6.07) is 12.1. The van der Waals surface area contributed by atoms with Crippen molar-refractivity contribution in [1.29, 1.82) is 0 Å². The first-order valence-electron chi connectivity index (χ1n) is 9.15. The maximum Gasteiger partial charge on any atom is 0.227 e. The van der Waals surface area contributed by atoms with Gasteiger partial charge in [0.2, 0.25) is 5.91 Å². The Labute approximate surface area is 153 Å². The fourth-order valence-electron chi connectivity index (χ4n) is 3.61. The Morgan fingerprint density at radius 1 is 1.04 bits per heavy atom. The summed E-state index contributed by atoms with van der Waals surface area (Å²) in [5.41, 5.74) is 2.04. The van der Waals surface area contributed by atoms with Gasteiger partial charge < -0.3 is 4.90 Å². The number of nitrogens with zero attached hydrogens (tertiary/aromatic N) is 5. The van der Waals surface area contributed by atoms with E-state index in [0.717, 1.165) is 37.2 Å². The van der Waals surface area contributed by atoms with Crippen LogP contribution in [0.2, 0.25) is 0 Å². The molecule has 1 fully saturated rings. The average Bonchev–Trinajstić information content (AvgIpc) is 3.37. The van der Waals surface area contributed by atoms with Crippen LogP contribution >= 0.6 is 0 Å².